The molecule has 0 fully saturated rings. The van der Waals surface area contributed by atoms with E-state index < -0.39 is 0 Å². The molecule has 0 saturated carbocycles. The Morgan fingerprint density at radius 3 is 2.61 bits per heavy atom. The lowest BCUT2D eigenvalue weighted by atomic mass is 10.2. The number of aromatic nitrogens is 1. The molecule has 1 amide bonds. The summed E-state index contributed by atoms with van der Waals surface area (Å²) in [4.78, 5) is 17.8. The van der Waals surface area contributed by atoms with Crippen LogP contribution in [-0.4, -0.2) is 35.9 Å². The number of hydrogen-bond donors (Lipinski definition) is 1. The fraction of sp³-hybridized carbons (Fsp3) is 0.294. The maximum Gasteiger partial charge on any atom is 0.224 e. The number of anilines is 1. The van der Waals surface area contributed by atoms with Gasteiger partial charge in [-0.15, -0.1) is 0 Å². The minimum absolute atomic E-state index is 0.103. The van der Waals surface area contributed by atoms with E-state index in [2.05, 4.69) is 10.3 Å². The number of benzene rings is 1. The van der Waals surface area contributed by atoms with Crippen LogP contribution in [0.5, 0.6) is 0 Å². The van der Waals surface area contributed by atoms with Gasteiger partial charge in [-0.05, 0) is 42.3 Å². The minimum Gasteiger partial charge on any atom is -0.384 e. The van der Waals surface area contributed by atoms with Crippen molar-refractivity contribution in [2.45, 2.75) is 12.8 Å². The van der Waals surface area contributed by atoms with E-state index in [1.54, 1.807) is 29.4 Å². The Balaban J connectivity index is 1.72. The third-order valence-corrected chi connectivity index (χ3v) is 4.24. The van der Waals surface area contributed by atoms with Crippen molar-refractivity contribution < 1.29 is 4.79 Å². The van der Waals surface area contributed by atoms with Crippen LogP contribution in [0.25, 0.3) is 0 Å². The molecule has 1 N–H and O–H groups in total. The molecule has 0 aliphatic carbocycles. The summed E-state index contributed by atoms with van der Waals surface area (Å²) >= 11 is 11.8. The third kappa shape index (κ3) is 5.73. The van der Waals surface area contributed by atoms with E-state index in [1.165, 1.54) is 5.56 Å². The molecule has 23 heavy (non-hydrogen) atoms. The number of carbonyl (C=O) groups excluding carboxylic acids is 1. The minimum atomic E-state index is 0.103. The number of carbonyl (C=O) groups is 1. The Labute approximate surface area is 146 Å². The highest BCUT2D eigenvalue weighted by Gasteiger charge is 2.08. The van der Waals surface area contributed by atoms with E-state index in [0.29, 0.717) is 29.6 Å². The second kappa shape index (κ2) is 8.75. The van der Waals surface area contributed by atoms with E-state index in [0.717, 1.165) is 12.1 Å². The molecule has 4 nitrogen and oxygen atoms in total. The molecule has 6 heteroatoms. The highest BCUT2D eigenvalue weighted by atomic mass is 35.5. The molecule has 0 atom stereocenters. The van der Waals surface area contributed by atoms with Gasteiger partial charge in [0.05, 0.1) is 10.0 Å². The molecule has 0 unspecified atom stereocenters. The monoisotopic (exact) mass is 351 g/mol. The zero-order chi connectivity index (χ0) is 16.7. The number of hydrogen-bond acceptors (Lipinski definition) is 3. The summed E-state index contributed by atoms with van der Waals surface area (Å²) in [6.45, 7) is 1.24. The Morgan fingerprint density at radius 2 is 1.91 bits per heavy atom. The summed E-state index contributed by atoms with van der Waals surface area (Å²) in [7, 11) is 1.82. The van der Waals surface area contributed by atoms with Crippen molar-refractivity contribution in [1.82, 2.24) is 9.88 Å². The lowest BCUT2D eigenvalue weighted by molar-refractivity contribution is -0.129. The average molecular weight is 352 g/mol. The SMILES string of the molecule is CN(CCc1ccncc1)C(=O)CCNc1ccc(Cl)c(Cl)c1. The predicted octanol–water partition coefficient (Wildman–Crippen LogP) is 3.89. The van der Waals surface area contributed by atoms with Crippen molar-refractivity contribution in [3.8, 4) is 0 Å². The van der Waals surface area contributed by atoms with Crippen LogP contribution in [0.15, 0.2) is 42.7 Å². The highest BCUT2D eigenvalue weighted by Crippen LogP contribution is 2.24. The number of rotatable bonds is 7. The van der Waals surface area contributed by atoms with Crippen LogP contribution in [-0.2, 0) is 11.2 Å². The van der Waals surface area contributed by atoms with Gasteiger partial charge in [0.15, 0.2) is 0 Å². The van der Waals surface area contributed by atoms with E-state index in [9.17, 15) is 4.79 Å². The van der Waals surface area contributed by atoms with E-state index in [4.69, 9.17) is 23.2 Å². The summed E-state index contributed by atoms with van der Waals surface area (Å²) in [5.41, 5.74) is 2.03. The molecule has 0 aliphatic heterocycles. The van der Waals surface area contributed by atoms with Crippen molar-refractivity contribution in [3.63, 3.8) is 0 Å². The van der Waals surface area contributed by atoms with Gasteiger partial charge in [0.1, 0.15) is 0 Å². The summed E-state index contributed by atoms with van der Waals surface area (Å²) in [5.74, 6) is 0.103. The fourth-order valence-electron chi connectivity index (χ4n) is 2.08. The number of nitrogens with one attached hydrogen (secondary N) is 1. The van der Waals surface area contributed by atoms with Gasteiger partial charge in [0.25, 0.3) is 0 Å². The van der Waals surface area contributed by atoms with Crippen molar-refractivity contribution in [3.05, 3.63) is 58.3 Å². The second-order valence-electron chi connectivity index (χ2n) is 5.23. The maximum absolute atomic E-state index is 12.1. The number of nitrogens with zero attached hydrogens (tertiary/aromatic N) is 2. The van der Waals surface area contributed by atoms with E-state index in [-0.39, 0.29) is 5.91 Å². The molecule has 1 heterocycles. The number of likely N-dealkylation sites (N-methyl/N-ethyl adjacent to an activating group) is 1. The van der Waals surface area contributed by atoms with Crippen molar-refractivity contribution in [2.75, 3.05) is 25.5 Å². The quantitative estimate of drug-likeness (QED) is 0.822. The van der Waals surface area contributed by atoms with Crippen molar-refractivity contribution in [1.29, 1.82) is 0 Å². The number of pyridine rings is 1. The number of halogens is 2. The molecule has 0 saturated heterocycles. The molecule has 0 radical (unpaired) electrons. The van der Waals surface area contributed by atoms with Crippen molar-refractivity contribution >= 4 is 34.8 Å². The summed E-state index contributed by atoms with van der Waals surface area (Å²) in [6.07, 6.45) is 4.77. The molecule has 122 valence electrons. The van der Waals surface area contributed by atoms with Crippen LogP contribution >= 0.6 is 23.2 Å². The smallest absolute Gasteiger partial charge is 0.224 e. The maximum atomic E-state index is 12.1. The predicted molar refractivity (Wildman–Crippen MR) is 95.1 cm³/mol. The highest BCUT2D eigenvalue weighted by molar-refractivity contribution is 6.42. The molecular formula is C17H19Cl2N3O. The molecule has 2 rings (SSSR count). The standard InChI is InChI=1S/C17H19Cl2N3O/c1-22(11-7-13-4-8-20-9-5-13)17(23)6-10-21-14-2-3-15(18)16(19)12-14/h2-5,8-9,12,21H,6-7,10-11H2,1H3. The van der Waals surface area contributed by atoms with Gasteiger partial charge in [-0.1, -0.05) is 23.2 Å². The first kappa shape index (κ1) is 17.6. The molecule has 1 aromatic carbocycles. The molecule has 0 spiro atoms. The van der Waals surface area contributed by atoms with Gasteiger partial charge in [-0.2, -0.15) is 0 Å². The Bertz CT molecular complexity index is 650. The van der Waals surface area contributed by atoms with Gasteiger partial charge >= 0.3 is 0 Å². The van der Waals surface area contributed by atoms with Crippen LogP contribution in [0.4, 0.5) is 5.69 Å². The lowest BCUT2D eigenvalue weighted by Gasteiger charge is -2.17. The first-order valence-corrected chi connectivity index (χ1v) is 8.13. The fourth-order valence-corrected chi connectivity index (χ4v) is 2.38. The lowest BCUT2D eigenvalue weighted by Crippen LogP contribution is -2.30. The Kier molecular flexibility index (Phi) is 6.68. The van der Waals surface area contributed by atoms with Gasteiger partial charge in [-0.3, -0.25) is 9.78 Å². The molecule has 0 aliphatic rings. The van der Waals surface area contributed by atoms with Crippen LogP contribution in [0.2, 0.25) is 10.0 Å². The zero-order valence-electron chi connectivity index (χ0n) is 12.9. The van der Waals surface area contributed by atoms with Gasteiger partial charge in [0.2, 0.25) is 5.91 Å². The average Bonchev–Trinajstić information content (AvgIpc) is 2.56. The zero-order valence-corrected chi connectivity index (χ0v) is 14.4. The first-order valence-electron chi connectivity index (χ1n) is 7.38. The summed E-state index contributed by atoms with van der Waals surface area (Å²) in [6, 6.07) is 9.25. The van der Waals surface area contributed by atoms with Crippen LogP contribution in [0.1, 0.15) is 12.0 Å². The van der Waals surface area contributed by atoms with Crippen LogP contribution < -0.4 is 5.32 Å². The summed E-state index contributed by atoms with van der Waals surface area (Å²) < 4.78 is 0. The topological polar surface area (TPSA) is 45.2 Å². The largest absolute Gasteiger partial charge is 0.384 e. The third-order valence-electron chi connectivity index (χ3n) is 3.50. The second-order valence-corrected chi connectivity index (χ2v) is 6.04. The van der Waals surface area contributed by atoms with Crippen LogP contribution in [0, 0.1) is 0 Å². The molecular weight excluding hydrogens is 333 g/mol. The Hall–Kier alpha value is -1.78. The van der Waals surface area contributed by atoms with Gasteiger partial charge in [-0.25, -0.2) is 0 Å². The van der Waals surface area contributed by atoms with E-state index in [1.807, 2.05) is 25.2 Å². The molecule has 1 aromatic heterocycles. The Morgan fingerprint density at radius 1 is 1.17 bits per heavy atom. The molecule has 0 bridgehead atoms. The first-order chi connectivity index (χ1) is 11.1. The van der Waals surface area contributed by atoms with Gasteiger partial charge in [0, 0.05) is 44.6 Å². The van der Waals surface area contributed by atoms with Crippen LogP contribution in [0.3, 0.4) is 0 Å². The normalized spacial score (nSPS) is 10.4. The molecule has 2 aromatic rings. The summed E-state index contributed by atoms with van der Waals surface area (Å²) in [5, 5.41) is 4.19. The van der Waals surface area contributed by atoms with Crippen molar-refractivity contribution in [2.24, 2.45) is 0 Å². The number of amides is 1. The van der Waals surface area contributed by atoms with Gasteiger partial charge < -0.3 is 10.2 Å². The van der Waals surface area contributed by atoms with E-state index >= 15 is 0 Å².